The standard InChI is InChI=1S/C12H16N2.2C2H6/c1-4-5-12-13-10-6-8(2)9(3)7-11(10)14-12;2*1-2/h6-7H,4-5H2,1-3H3,(H,13,14);2*1-2H3. The Labute approximate surface area is 112 Å². The summed E-state index contributed by atoms with van der Waals surface area (Å²) < 4.78 is 0. The second-order valence-corrected chi connectivity index (χ2v) is 3.89. The molecule has 1 N–H and O–H groups in total. The number of aromatic nitrogens is 2. The third kappa shape index (κ3) is 4.17. The fourth-order valence-electron chi connectivity index (χ4n) is 1.68. The van der Waals surface area contributed by atoms with Gasteiger partial charge in [-0.3, -0.25) is 0 Å². The maximum Gasteiger partial charge on any atom is 0.107 e. The smallest absolute Gasteiger partial charge is 0.107 e. The van der Waals surface area contributed by atoms with Crippen LogP contribution in [0.4, 0.5) is 0 Å². The van der Waals surface area contributed by atoms with Crippen molar-refractivity contribution in [1.82, 2.24) is 9.97 Å². The Morgan fingerprint density at radius 1 is 1.00 bits per heavy atom. The summed E-state index contributed by atoms with van der Waals surface area (Å²) in [4.78, 5) is 7.90. The van der Waals surface area contributed by atoms with Gasteiger partial charge in [-0.25, -0.2) is 4.98 Å². The van der Waals surface area contributed by atoms with E-state index < -0.39 is 0 Å². The van der Waals surface area contributed by atoms with Crippen molar-refractivity contribution in [1.29, 1.82) is 0 Å². The minimum absolute atomic E-state index is 1.03. The molecule has 1 aromatic carbocycles. The van der Waals surface area contributed by atoms with Gasteiger partial charge in [0.15, 0.2) is 0 Å². The molecule has 2 heteroatoms. The van der Waals surface area contributed by atoms with E-state index in [1.165, 1.54) is 11.1 Å². The van der Waals surface area contributed by atoms with Gasteiger partial charge in [0.25, 0.3) is 0 Å². The molecule has 0 bridgehead atoms. The number of benzene rings is 1. The quantitative estimate of drug-likeness (QED) is 0.779. The molecule has 1 heterocycles. The van der Waals surface area contributed by atoms with Crippen LogP contribution in [-0.2, 0) is 6.42 Å². The van der Waals surface area contributed by atoms with E-state index in [-0.39, 0.29) is 0 Å². The maximum atomic E-state index is 4.55. The molecule has 0 radical (unpaired) electrons. The largest absolute Gasteiger partial charge is 0.342 e. The van der Waals surface area contributed by atoms with E-state index in [9.17, 15) is 0 Å². The molecule has 0 aliphatic rings. The van der Waals surface area contributed by atoms with Crippen molar-refractivity contribution < 1.29 is 0 Å². The van der Waals surface area contributed by atoms with Crippen LogP contribution < -0.4 is 0 Å². The third-order valence-corrected chi connectivity index (χ3v) is 2.63. The lowest BCUT2D eigenvalue weighted by Crippen LogP contribution is -1.83. The number of rotatable bonds is 2. The summed E-state index contributed by atoms with van der Waals surface area (Å²) in [6.07, 6.45) is 2.17. The van der Waals surface area contributed by atoms with Crippen LogP contribution >= 0.6 is 0 Å². The van der Waals surface area contributed by atoms with Gasteiger partial charge >= 0.3 is 0 Å². The van der Waals surface area contributed by atoms with Crippen LogP contribution in [0.1, 0.15) is 58.0 Å². The van der Waals surface area contributed by atoms with Crippen LogP contribution in [-0.4, -0.2) is 9.97 Å². The first-order valence-corrected chi connectivity index (χ1v) is 7.16. The first-order valence-electron chi connectivity index (χ1n) is 7.16. The fourth-order valence-corrected chi connectivity index (χ4v) is 1.68. The molecule has 0 unspecified atom stereocenters. The predicted octanol–water partition coefficient (Wildman–Crippen LogP) is 5.18. The number of hydrogen-bond acceptors (Lipinski definition) is 1. The molecule has 0 amide bonds. The number of aryl methyl sites for hydroxylation is 3. The lowest BCUT2D eigenvalue weighted by atomic mass is 10.1. The summed E-state index contributed by atoms with van der Waals surface area (Å²) in [5.74, 6) is 1.10. The summed E-state index contributed by atoms with van der Waals surface area (Å²) in [5.41, 5.74) is 4.89. The van der Waals surface area contributed by atoms with Crippen molar-refractivity contribution in [2.24, 2.45) is 0 Å². The summed E-state index contributed by atoms with van der Waals surface area (Å²) >= 11 is 0. The SMILES string of the molecule is CC.CC.CCCc1nc2cc(C)c(C)cc2[nH]1. The highest BCUT2D eigenvalue weighted by molar-refractivity contribution is 5.77. The lowest BCUT2D eigenvalue weighted by molar-refractivity contribution is 0.861. The van der Waals surface area contributed by atoms with Crippen molar-refractivity contribution in [3.63, 3.8) is 0 Å². The molecule has 0 atom stereocenters. The van der Waals surface area contributed by atoms with Crippen LogP contribution in [0.5, 0.6) is 0 Å². The Hall–Kier alpha value is -1.31. The van der Waals surface area contributed by atoms with Gasteiger partial charge in [-0.2, -0.15) is 0 Å². The van der Waals surface area contributed by atoms with Crippen molar-refractivity contribution in [2.75, 3.05) is 0 Å². The number of nitrogens with one attached hydrogen (secondary N) is 1. The van der Waals surface area contributed by atoms with Crippen LogP contribution in [0.25, 0.3) is 11.0 Å². The third-order valence-electron chi connectivity index (χ3n) is 2.63. The van der Waals surface area contributed by atoms with Gasteiger partial charge in [-0.05, 0) is 43.5 Å². The molecule has 1 aromatic heterocycles. The Kier molecular flexibility index (Phi) is 8.10. The Morgan fingerprint density at radius 2 is 1.56 bits per heavy atom. The molecule has 0 aliphatic carbocycles. The van der Waals surface area contributed by atoms with Gasteiger partial charge in [0.2, 0.25) is 0 Å². The number of imidazole rings is 1. The van der Waals surface area contributed by atoms with E-state index in [1.54, 1.807) is 0 Å². The number of aromatic amines is 1. The summed E-state index contributed by atoms with van der Waals surface area (Å²) in [5, 5.41) is 0. The highest BCUT2D eigenvalue weighted by atomic mass is 14.9. The molecule has 0 spiro atoms. The van der Waals surface area contributed by atoms with Gasteiger partial charge in [0.1, 0.15) is 5.82 Å². The average Bonchev–Trinajstić information content (AvgIpc) is 2.77. The molecule has 0 saturated heterocycles. The van der Waals surface area contributed by atoms with E-state index in [1.807, 2.05) is 27.7 Å². The maximum absolute atomic E-state index is 4.55. The van der Waals surface area contributed by atoms with E-state index in [0.29, 0.717) is 0 Å². The zero-order valence-electron chi connectivity index (χ0n) is 13.0. The average molecular weight is 248 g/mol. The highest BCUT2D eigenvalue weighted by Gasteiger charge is 2.03. The van der Waals surface area contributed by atoms with Crippen LogP contribution in [0.2, 0.25) is 0 Å². The van der Waals surface area contributed by atoms with E-state index in [0.717, 1.165) is 29.7 Å². The number of fused-ring (bicyclic) bond motifs is 1. The van der Waals surface area contributed by atoms with Gasteiger partial charge in [-0.1, -0.05) is 34.6 Å². The molecule has 0 aliphatic heterocycles. The predicted molar refractivity (Wildman–Crippen MR) is 82.3 cm³/mol. The van der Waals surface area contributed by atoms with Crippen LogP contribution in [0.15, 0.2) is 12.1 Å². The molecule has 102 valence electrons. The Balaban J connectivity index is 0.000000659. The Bertz CT molecular complexity index is 416. The first-order chi connectivity index (χ1) is 8.70. The summed E-state index contributed by atoms with van der Waals surface area (Å²) in [6.45, 7) is 14.4. The van der Waals surface area contributed by atoms with Crippen LogP contribution in [0, 0.1) is 13.8 Å². The van der Waals surface area contributed by atoms with Crippen molar-refractivity contribution in [3.05, 3.63) is 29.1 Å². The van der Waals surface area contributed by atoms with Crippen molar-refractivity contribution in [3.8, 4) is 0 Å². The number of H-pyrrole nitrogens is 1. The lowest BCUT2D eigenvalue weighted by Gasteiger charge is -1.97. The summed E-state index contributed by atoms with van der Waals surface area (Å²) in [6, 6.07) is 4.33. The zero-order chi connectivity index (χ0) is 14.1. The van der Waals surface area contributed by atoms with Crippen LogP contribution in [0.3, 0.4) is 0 Å². The molecule has 0 saturated carbocycles. The van der Waals surface area contributed by atoms with E-state index in [4.69, 9.17) is 0 Å². The minimum Gasteiger partial charge on any atom is -0.342 e. The van der Waals surface area contributed by atoms with Gasteiger partial charge in [0, 0.05) is 6.42 Å². The molecule has 0 fully saturated rings. The molecule has 18 heavy (non-hydrogen) atoms. The van der Waals surface area contributed by atoms with Gasteiger partial charge < -0.3 is 4.98 Å². The minimum atomic E-state index is 1.03. The normalized spacial score (nSPS) is 9.28. The number of nitrogens with zero attached hydrogens (tertiary/aromatic N) is 1. The van der Waals surface area contributed by atoms with Gasteiger partial charge in [0.05, 0.1) is 11.0 Å². The fraction of sp³-hybridized carbons (Fsp3) is 0.562. The monoisotopic (exact) mass is 248 g/mol. The molecule has 2 nitrogen and oxygen atoms in total. The van der Waals surface area contributed by atoms with Crippen molar-refractivity contribution >= 4 is 11.0 Å². The number of hydrogen-bond donors (Lipinski definition) is 1. The van der Waals surface area contributed by atoms with Gasteiger partial charge in [-0.15, -0.1) is 0 Å². The molecular formula is C16H28N2. The zero-order valence-corrected chi connectivity index (χ0v) is 13.0. The molecular weight excluding hydrogens is 220 g/mol. The van der Waals surface area contributed by atoms with E-state index in [2.05, 4.69) is 42.9 Å². The first kappa shape index (κ1) is 16.7. The van der Waals surface area contributed by atoms with E-state index >= 15 is 0 Å². The topological polar surface area (TPSA) is 28.7 Å². The molecule has 2 rings (SSSR count). The van der Waals surface area contributed by atoms with Crippen molar-refractivity contribution in [2.45, 2.75) is 61.3 Å². The highest BCUT2D eigenvalue weighted by Crippen LogP contribution is 2.17. The molecule has 2 aromatic rings. The second-order valence-electron chi connectivity index (χ2n) is 3.89. The second kappa shape index (κ2) is 8.73. The Morgan fingerprint density at radius 3 is 2.11 bits per heavy atom. The summed E-state index contributed by atoms with van der Waals surface area (Å²) in [7, 11) is 0.